The van der Waals surface area contributed by atoms with Crippen molar-refractivity contribution in [3.63, 3.8) is 0 Å². The number of unbranched alkanes of at least 4 members (excludes halogenated alkanes) is 4. The summed E-state index contributed by atoms with van der Waals surface area (Å²) in [4.78, 5) is 206. The number of primary amides is 3. The molecule has 35 nitrogen and oxygen atoms in total. The van der Waals surface area contributed by atoms with E-state index in [-0.39, 0.29) is 89.3 Å². The van der Waals surface area contributed by atoms with Crippen LogP contribution in [-0.4, -0.2) is 211 Å². The van der Waals surface area contributed by atoms with Crippen LogP contribution < -0.4 is 104 Å². The Kier molecular flexibility index (Phi) is 48.7. The van der Waals surface area contributed by atoms with Gasteiger partial charge in [-0.25, -0.2) is 0 Å². The molecule has 1 aromatic carbocycles. The molecule has 36 heteroatoms. The predicted molar refractivity (Wildman–Crippen MR) is 405 cm³/mol. The minimum Gasteiger partial charge on any atom is -0.394 e. The maximum Gasteiger partial charge on any atom is 0.245 e. The van der Waals surface area contributed by atoms with Gasteiger partial charge in [-0.05, 0) is 171 Å². The molecule has 0 fully saturated rings. The number of hydrogen-bond acceptors (Lipinski definition) is 21. The highest BCUT2D eigenvalue weighted by atomic mass is 32.2. The number of nitrogens with two attached hydrogens (primary N) is 7. The molecular formula is C71H125N19O16S. The molecule has 606 valence electrons. The van der Waals surface area contributed by atoms with Crippen molar-refractivity contribution in [2.45, 2.75) is 256 Å². The predicted octanol–water partition coefficient (Wildman–Crippen LogP) is -3.52. The van der Waals surface area contributed by atoms with Gasteiger partial charge in [0.2, 0.25) is 88.6 Å². The topological polar surface area (TPSA) is 603 Å². The van der Waals surface area contributed by atoms with Gasteiger partial charge < -0.3 is 109 Å². The first kappa shape index (κ1) is 96.4. The standard InChI is InChI=1S/C71H125N19O16S/c1-9-43(6)59(90-66(101)52(31-36-107-8)79-44(7)92)71(106)85-49(26-16-20-35-75)63(98)86-54(38-42(4)5)68(103)88-55(39-45-21-11-10-12-22-45)69(104)89-56(40-91)70(105)87-53(37-41(2)3)67(102)82-48(25-15-19-34-74)62(97)83-51(28-30-58(77)94)65(100)84-50(27-29-57(76)93)64(99)81-47(24-14-18-33-73)61(96)80-46(60(78)95)23-13-17-32-72/h10-12,21-22,41-43,46-56,59,91H,9,13-20,23-40,72-75H2,1-8H3,(H2,76,93)(H2,77,94)(H2,78,95)(H,79,92)(H,80,96)(H,81,99)(H,82,102)(H,83,97)(H,84,100)(H,85,106)(H,86,98)(H,87,105)(H,88,103)(H,89,104)(H,90,101)/t43-,46-,47-,48-,49-,50-,51-,52-,53-,54-,55-,56-,59-/m0/s1. The first-order chi connectivity index (χ1) is 50.7. The van der Waals surface area contributed by atoms with E-state index >= 15 is 0 Å². The SMILES string of the molecule is CC[C@H](C)[C@H](NC(=O)[C@H](CCSC)NC(C)=O)C(=O)N[C@@H](CCCCN)C(=O)N[C@@H](CC(C)C)C(=O)N[C@@H](Cc1ccccc1)C(=O)N[C@@H](CO)C(=O)N[C@@H](CC(C)C)C(=O)N[C@@H](CCCCN)C(=O)N[C@@H](CCC(N)=O)C(=O)N[C@@H](CCC(N)=O)C(=O)N[C@@H](CCCCN)C(=O)N[C@@H](CCCCN)C(N)=O. The van der Waals surface area contributed by atoms with Crippen molar-refractivity contribution in [1.82, 2.24) is 63.8 Å². The summed E-state index contributed by atoms with van der Waals surface area (Å²) in [5.74, 6) is -13.2. The van der Waals surface area contributed by atoms with E-state index in [9.17, 15) is 77.0 Å². The minimum atomic E-state index is -1.79. The zero-order valence-corrected chi connectivity index (χ0v) is 64.5. The lowest BCUT2D eigenvalue weighted by Gasteiger charge is -2.30. The first-order valence-electron chi connectivity index (χ1n) is 37.1. The molecular weight excluding hydrogens is 1410 g/mol. The van der Waals surface area contributed by atoms with Crippen molar-refractivity contribution in [3.8, 4) is 0 Å². The number of aliphatic hydroxyl groups is 1. The molecule has 0 saturated heterocycles. The molecule has 0 heterocycles. The van der Waals surface area contributed by atoms with Crippen molar-refractivity contribution in [2.75, 3.05) is 44.8 Å². The first-order valence-corrected chi connectivity index (χ1v) is 38.5. The quantitative estimate of drug-likeness (QED) is 0.0281. The summed E-state index contributed by atoms with van der Waals surface area (Å²) in [5.41, 5.74) is 40.1. The zero-order valence-electron chi connectivity index (χ0n) is 63.7. The van der Waals surface area contributed by atoms with Crippen LogP contribution in [0.15, 0.2) is 30.3 Å². The molecule has 107 heavy (non-hydrogen) atoms. The van der Waals surface area contributed by atoms with Crippen molar-refractivity contribution in [3.05, 3.63) is 35.9 Å². The van der Waals surface area contributed by atoms with E-state index in [0.717, 1.165) is 0 Å². The molecule has 1 rings (SSSR count). The Balaban J connectivity index is 3.73. The average molecular weight is 1530 g/mol. The maximum absolute atomic E-state index is 14.7. The summed E-state index contributed by atoms with van der Waals surface area (Å²) in [6.45, 7) is 11.8. The van der Waals surface area contributed by atoms with Crippen LogP contribution in [0.25, 0.3) is 0 Å². The summed E-state index contributed by atoms with van der Waals surface area (Å²) >= 11 is 1.47. The third-order valence-corrected chi connectivity index (χ3v) is 18.1. The molecule has 1 aromatic rings. The van der Waals surface area contributed by atoms with Gasteiger partial charge in [-0.3, -0.25) is 71.9 Å². The molecule has 0 aliphatic heterocycles. The Labute approximate surface area is 632 Å². The number of rotatable bonds is 58. The van der Waals surface area contributed by atoms with Crippen LogP contribution in [0, 0.1) is 17.8 Å². The van der Waals surface area contributed by atoms with Gasteiger partial charge in [0.05, 0.1) is 6.61 Å². The van der Waals surface area contributed by atoms with Crippen molar-refractivity contribution >= 4 is 100 Å². The fourth-order valence-electron chi connectivity index (χ4n) is 11.3. The third-order valence-electron chi connectivity index (χ3n) is 17.5. The Morgan fingerprint density at radius 1 is 0.383 bits per heavy atom. The normalized spacial score (nSPS) is 14.9. The summed E-state index contributed by atoms with van der Waals surface area (Å²) in [7, 11) is 0. The van der Waals surface area contributed by atoms with Crippen LogP contribution in [0.2, 0.25) is 0 Å². The Hall–Kier alpha value is -8.58. The van der Waals surface area contributed by atoms with Crippen LogP contribution in [0.4, 0.5) is 0 Å². The van der Waals surface area contributed by atoms with Crippen LogP contribution in [0.1, 0.15) is 182 Å². The van der Waals surface area contributed by atoms with Crippen molar-refractivity contribution < 1.29 is 77.0 Å². The summed E-state index contributed by atoms with van der Waals surface area (Å²) in [5, 5.41) is 42.3. The average Bonchev–Trinajstić information content (AvgIpc) is 0.935. The van der Waals surface area contributed by atoms with Crippen LogP contribution >= 0.6 is 11.8 Å². The van der Waals surface area contributed by atoms with E-state index in [2.05, 4.69) is 63.8 Å². The molecule has 0 aliphatic carbocycles. The van der Waals surface area contributed by atoms with E-state index in [0.29, 0.717) is 69.2 Å². The van der Waals surface area contributed by atoms with Crippen LogP contribution in [0.3, 0.4) is 0 Å². The van der Waals surface area contributed by atoms with Gasteiger partial charge in [0.15, 0.2) is 0 Å². The molecule has 0 bridgehead atoms. The number of amides is 15. The number of hydrogen-bond donors (Lipinski definition) is 20. The van der Waals surface area contributed by atoms with Gasteiger partial charge in [0.1, 0.15) is 72.5 Å². The van der Waals surface area contributed by atoms with Gasteiger partial charge in [-0.15, -0.1) is 0 Å². The zero-order chi connectivity index (χ0) is 80.7. The summed E-state index contributed by atoms with van der Waals surface area (Å²) in [6, 6.07) is -8.18. The number of thioether (sulfide) groups is 1. The van der Waals surface area contributed by atoms with E-state index in [1.54, 1.807) is 65.0 Å². The molecule has 0 spiro atoms. The second-order valence-electron chi connectivity index (χ2n) is 27.7. The van der Waals surface area contributed by atoms with Gasteiger partial charge in [-0.2, -0.15) is 11.8 Å². The van der Waals surface area contributed by atoms with E-state index in [4.69, 9.17) is 40.1 Å². The maximum atomic E-state index is 14.7. The number of nitrogens with one attached hydrogen (secondary N) is 12. The lowest BCUT2D eigenvalue weighted by atomic mass is 9.96. The number of aliphatic hydroxyl groups excluding tert-OH is 1. The lowest BCUT2D eigenvalue weighted by Crippen LogP contribution is -2.61. The molecule has 0 aromatic heterocycles. The van der Waals surface area contributed by atoms with Gasteiger partial charge in [0, 0.05) is 26.2 Å². The number of benzene rings is 1. The molecule has 0 saturated carbocycles. The van der Waals surface area contributed by atoms with E-state index in [1.165, 1.54) is 18.7 Å². The van der Waals surface area contributed by atoms with Gasteiger partial charge >= 0.3 is 0 Å². The minimum absolute atomic E-state index is 0.0113. The smallest absolute Gasteiger partial charge is 0.245 e. The highest BCUT2D eigenvalue weighted by Gasteiger charge is 2.38. The Bertz CT molecular complexity index is 2990. The van der Waals surface area contributed by atoms with Crippen molar-refractivity contribution in [1.29, 1.82) is 0 Å². The van der Waals surface area contributed by atoms with Crippen LogP contribution in [-0.2, 0) is 78.3 Å². The Morgan fingerprint density at radius 2 is 0.692 bits per heavy atom. The highest BCUT2D eigenvalue weighted by Crippen LogP contribution is 2.16. The molecule has 15 amide bonds. The highest BCUT2D eigenvalue weighted by molar-refractivity contribution is 7.98. The lowest BCUT2D eigenvalue weighted by molar-refractivity contribution is -0.137. The fraction of sp³-hybridized carbons (Fsp3) is 0.704. The van der Waals surface area contributed by atoms with E-state index in [1.807, 2.05) is 13.2 Å². The molecule has 27 N–H and O–H groups in total. The van der Waals surface area contributed by atoms with Gasteiger partial charge in [0.25, 0.3) is 0 Å². The van der Waals surface area contributed by atoms with Crippen LogP contribution in [0.5, 0.6) is 0 Å². The van der Waals surface area contributed by atoms with E-state index < -0.39 is 199 Å². The second-order valence-corrected chi connectivity index (χ2v) is 28.7. The molecule has 13 atom stereocenters. The molecule has 0 radical (unpaired) electrons. The second kappa shape index (κ2) is 54.1. The number of carbonyl (C=O) groups is 15. The summed E-state index contributed by atoms with van der Waals surface area (Å²) < 4.78 is 0. The van der Waals surface area contributed by atoms with Gasteiger partial charge in [-0.1, -0.05) is 78.3 Å². The molecule has 0 aliphatic rings. The third kappa shape index (κ3) is 39.7. The number of carbonyl (C=O) groups excluding carboxylic acids is 15. The monoisotopic (exact) mass is 1530 g/mol. The fourth-order valence-corrected chi connectivity index (χ4v) is 11.7. The van der Waals surface area contributed by atoms with Crippen molar-refractivity contribution in [2.24, 2.45) is 57.9 Å². The molecule has 0 unspecified atom stereocenters. The Morgan fingerprint density at radius 3 is 1.04 bits per heavy atom. The summed E-state index contributed by atoms with van der Waals surface area (Å²) in [6.07, 6.45) is 3.72. The largest absolute Gasteiger partial charge is 0.394 e.